The van der Waals surface area contributed by atoms with Crippen molar-refractivity contribution < 1.29 is 9.72 Å². The molecule has 3 N–H and O–H groups in total. The summed E-state index contributed by atoms with van der Waals surface area (Å²) in [6.45, 7) is 2.14. The Bertz CT molecular complexity index is 1260. The molecule has 1 aromatic heterocycles. The highest BCUT2D eigenvalue weighted by molar-refractivity contribution is 5.93. The largest absolute Gasteiger partial charge is 0.391 e. The van der Waals surface area contributed by atoms with Gasteiger partial charge in [0.05, 0.1) is 11.3 Å². The Morgan fingerprint density at radius 3 is 2.27 bits per heavy atom. The van der Waals surface area contributed by atoms with Crippen molar-refractivity contribution >= 4 is 23.1 Å². The van der Waals surface area contributed by atoms with Gasteiger partial charge in [-0.2, -0.15) is 0 Å². The maximum atomic E-state index is 13.1. The first-order valence-electron chi connectivity index (χ1n) is 10.5. The van der Waals surface area contributed by atoms with Gasteiger partial charge >= 0.3 is 5.69 Å². The lowest BCUT2D eigenvalue weighted by Crippen LogP contribution is -2.43. The van der Waals surface area contributed by atoms with Gasteiger partial charge in [0.2, 0.25) is 5.91 Å². The number of nitrogens with one attached hydrogen (secondary N) is 1. The van der Waals surface area contributed by atoms with Gasteiger partial charge in [-0.3, -0.25) is 28.8 Å². The number of anilines is 2. The van der Waals surface area contributed by atoms with Gasteiger partial charge < -0.3 is 11.1 Å². The Morgan fingerprint density at radius 1 is 1.00 bits per heavy atom. The molecule has 0 saturated heterocycles. The maximum Gasteiger partial charge on any atom is 0.332 e. The van der Waals surface area contributed by atoms with E-state index in [9.17, 15) is 24.5 Å². The van der Waals surface area contributed by atoms with E-state index in [0.717, 1.165) is 15.7 Å². The average Bonchev–Trinajstić information content (AvgIpc) is 2.81. The SMILES string of the molecule is CCCn1c(=O)c(N)c(NC(=O)Cc2ccccc2)n(CCc2ccc([N+](=O)[O-])cc2)c1=O. The third kappa shape index (κ3) is 5.53. The molecule has 0 bridgehead atoms. The van der Waals surface area contributed by atoms with Crippen molar-refractivity contribution in [2.45, 2.75) is 39.3 Å². The van der Waals surface area contributed by atoms with Crippen LogP contribution in [0, 0.1) is 10.1 Å². The summed E-state index contributed by atoms with van der Waals surface area (Å²) in [5.41, 5.74) is 6.11. The fraction of sp³-hybridized carbons (Fsp3) is 0.261. The van der Waals surface area contributed by atoms with Crippen LogP contribution in [-0.4, -0.2) is 20.0 Å². The number of non-ortho nitro benzene ring substituents is 1. The molecule has 33 heavy (non-hydrogen) atoms. The quantitative estimate of drug-likeness (QED) is 0.378. The van der Waals surface area contributed by atoms with Gasteiger partial charge in [-0.1, -0.05) is 49.4 Å². The summed E-state index contributed by atoms with van der Waals surface area (Å²) in [6, 6.07) is 15.0. The van der Waals surface area contributed by atoms with Gasteiger partial charge in [0.25, 0.3) is 11.2 Å². The highest BCUT2D eigenvalue weighted by Crippen LogP contribution is 2.16. The number of rotatable bonds is 9. The molecule has 0 aliphatic carbocycles. The summed E-state index contributed by atoms with van der Waals surface area (Å²) in [5, 5.41) is 13.5. The van der Waals surface area contributed by atoms with Crippen molar-refractivity contribution in [2.24, 2.45) is 0 Å². The summed E-state index contributed by atoms with van der Waals surface area (Å²) in [6.07, 6.45) is 0.939. The zero-order valence-electron chi connectivity index (χ0n) is 18.2. The van der Waals surface area contributed by atoms with Gasteiger partial charge in [0.1, 0.15) is 11.5 Å². The molecule has 0 aliphatic heterocycles. The van der Waals surface area contributed by atoms with Crippen molar-refractivity contribution in [3.63, 3.8) is 0 Å². The van der Waals surface area contributed by atoms with E-state index in [-0.39, 0.29) is 36.7 Å². The highest BCUT2D eigenvalue weighted by Gasteiger charge is 2.19. The van der Waals surface area contributed by atoms with Crippen LogP contribution in [0.4, 0.5) is 17.2 Å². The number of nitro benzene ring substituents is 1. The monoisotopic (exact) mass is 451 g/mol. The highest BCUT2D eigenvalue weighted by atomic mass is 16.6. The molecule has 2 aromatic carbocycles. The average molecular weight is 451 g/mol. The zero-order chi connectivity index (χ0) is 24.0. The summed E-state index contributed by atoms with van der Waals surface area (Å²) in [5.74, 6) is -0.454. The van der Waals surface area contributed by atoms with Crippen LogP contribution in [-0.2, 0) is 30.7 Å². The molecule has 10 heteroatoms. The summed E-state index contributed by atoms with van der Waals surface area (Å²) in [4.78, 5) is 48.8. The molecule has 172 valence electrons. The summed E-state index contributed by atoms with van der Waals surface area (Å²) >= 11 is 0. The number of nitro groups is 1. The van der Waals surface area contributed by atoms with E-state index in [1.807, 2.05) is 25.1 Å². The van der Waals surface area contributed by atoms with Crippen molar-refractivity contribution in [3.8, 4) is 0 Å². The number of carbonyl (C=O) groups is 1. The maximum absolute atomic E-state index is 13.1. The zero-order valence-corrected chi connectivity index (χ0v) is 18.2. The third-order valence-electron chi connectivity index (χ3n) is 5.15. The number of nitrogen functional groups attached to an aromatic ring is 1. The van der Waals surface area contributed by atoms with Crippen molar-refractivity contribution in [1.82, 2.24) is 9.13 Å². The first-order valence-corrected chi connectivity index (χ1v) is 10.5. The lowest BCUT2D eigenvalue weighted by Gasteiger charge is -2.18. The molecule has 0 fully saturated rings. The molecule has 0 saturated carbocycles. The van der Waals surface area contributed by atoms with E-state index in [4.69, 9.17) is 5.73 Å². The summed E-state index contributed by atoms with van der Waals surface area (Å²) in [7, 11) is 0. The minimum absolute atomic E-state index is 0.0366. The number of amides is 1. The fourth-order valence-corrected chi connectivity index (χ4v) is 3.47. The Labute approximate surface area is 189 Å². The van der Waals surface area contributed by atoms with Crippen LogP contribution < -0.4 is 22.3 Å². The number of benzene rings is 2. The molecule has 1 amide bonds. The molecule has 0 aliphatic rings. The molecular weight excluding hydrogens is 426 g/mol. The predicted molar refractivity (Wildman–Crippen MR) is 125 cm³/mol. The van der Waals surface area contributed by atoms with E-state index in [1.165, 1.54) is 16.7 Å². The van der Waals surface area contributed by atoms with Crippen LogP contribution in [0.15, 0.2) is 64.2 Å². The predicted octanol–water partition coefficient (Wildman–Crippen LogP) is 2.33. The van der Waals surface area contributed by atoms with Crippen LogP contribution in [0.25, 0.3) is 0 Å². The van der Waals surface area contributed by atoms with Crippen LogP contribution in [0.3, 0.4) is 0 Å². The molecule has 0 atom stereocenters. The lowest BCUT2D eigenvalue weighted by atomic mass is 10.1. The first-order chi connectivity index (χ1) is 15.8. The van der Waals surface area contributed by atoms with Crippen molar-refractivity contribution in [1.29, 1.82) is 0 Å². The molecule has 0 radical (unpaired) electrons. The minimum atomic E-state index is -0.650. The number of hydrogen-bond donors (Lipinski definition) is 2. The van der Waals surface area contributed by atoms with Crippen LogP contribution in [0.5, 0.6) is 0 Å². The van der Waals surface area contributed by atoms with Gasteiger partial charge in [0.15, 0.2) is 0 Å². The van der Waals surface area contributed by atoms with Crippen LogP contribution >= 0.6 is 0 Å². The lowest BCUT2D eigenvalue weighted by molar-refractivity contribution is -0.384. The first kappa shape index (κ1) is 23.5. The summed E-state index contributed by atoms with van der Waals surface area (Å²) < 4.78 is 2.33. The second kappa shape index (κ2) is 10.4. The van der Waals surface area contributed by atoms with Crippen molar-refractivity contribution in [2.75, 3.05) is 11.1 Å². The molecule has 0 spiro atoms. The van der Waals surface area contributed by atoms with E-state index >= 15 is 0 Å². The third-order valence-corrected chi connectivity index (χ3v) is 5.15. The number of carbonyl (C=O) groups excluding carboxylic acids is 1. The van der Waals surface area contributed by atoms with Crippen LogP contribution in [0.1, 0.15) is 24.5 Å². The topological polar surface area (TPSA) is 142 Å². The Hall–Kier alpha value is -4.21. The number of aromatic nitrogens is 2. The fourth-order valence-electron chi connectivity index (χ4n) is 3.47. The number of hydrogen-bond acceptors (Lipinski definition) is 6. The number of aryl methyl sites for hydroxylation is 1. The molecule has 10 nitrogen and oxygen atoms in total. The van der Waals surface area contributed by atoms with Gasteiger partial charge in [-0.05, 0) is 24.0 Å². The molecule has 1 heterocycles. The molecule has 3 aromatic rings. The smallest absolute Gasteiger partial charge is 0.332 e. The van der Waals surface area contributed by atoms with E-state index in [1.54, 1.807) is 24.3 Å². The van der Waals surface area contributed by atoms with E-state index in [0.29, 0.717) is 12.8 Å². The number of nitrogens with two attached hydrogens (primary N) is 1. The minimum Gasteiger partial charge on any atom is -0.391 e. The molecular formula is C23H25N5O5. The Kier molecular flexibility index (Phi) is 7.39. The normalized spacial score (nSPS) is 10.7. The Balaban J connectivity index is 1.93. The van der Waals surface area contributed by atoms with Gasteiger partial charge in [-0.25, -0.2) is 4.79 Å². The van der Waals surface area contributed by atoms with Crippen molar-refractivity contribution in [3.05, 3.63) is 96.7 Å². The Morgan fingerprint density at radius 2 is 1.67 bits per heavy atom. The van der Waals surface area contributed by atoms with Crippen LogP contribution in [0.2, 0.25) is 0 Å². The van der Waals surface area contributed by atoms with Gasteiger partial charge in [-0.15, -0.1) is 0 Å². The van der Waals surface area contributed by atoms with E-state index < -0.39 is 22.1 Å². The number of nitrogens with zero attached hydrogens (tertiary/aromatic N) is 3. The van der Waals surface area contributed by atoms with Gasteiger partial charge in [0, 0.05) is 25.2 Å². The molecule has 3 rings (SSSR count). The molecule has 0 unspecified atom stereocenters. The standard InChI is InChI=1S/C23H25N5O5/c1-2-13-27-22(30)20(24)21(25-19(29)15-17-6-4-3-5-7-17)26(23(27)31)14-12-16-8-10-18(11-9-16)28(32)33/h3-11H,2,12-15,24H2,1H3,(H,25,29). The van der Waals surface area contributed by atoms with E-state index in [2.05, 4.69) is 5.32 Å². The second-order valence-electron chi connectivity index (χ2n) is 7.54. The second-order valence-corrected chi connectivity index (χ2v) is 7.54.